The number of carbonyl (C=O) groups excluding carboxylic acids is 1. The summed E-state index contributed by atoms with van der Waals surface area (Å²) in [5.74, 6) is 0.711. The average Bonchev–Trinajstić information content (AvgIpc) is 3.24. The van der Waals surface area contributed by atoms with Crippen molar-refractivity contribution in [3.8, 4) is 0 Å². The molecule has 148 valence electrons. The molecular formula is C23H30N4O. The van der Waals surface area contributed by atoms with Crippen LogP contribution in [-0.2, 0) is 12.0 Å². The van der Waals surface area contributed by atoms with Crippen LogP contribution in [-0.4, -0.2) is 32.5 Å². The minimum absolute atomic E-state index is 0.0737. The van der Waals surface area contributed by atoms with E-state index in [9.17, 15) is 4.79 Å². The molecule has 1 aliphatic rings. The first-order valence-corrected chi connectivity index (χ1v) is 9.98. The van der Waals surface area contributed by atoms with E-state index in [0.717, 1.165) is 18.1 Å². The normalized spacial score (nSPS) is 15.9. The number of benzene rings is 2. The van der Waals surface area contributed by atoms with Gasteiger partial charge in [0.25, 0.3) is 5.91 Å². The van der Waals surface area contributed by atoms with Crippen molar-refractivity contribution in [1.29, 1.82) is 0 Å². The zero-order valence-electron chi connectivity index (χ0n) is 16.8. The topological polar surface area (TPSA) is 65.5 Å². The van der Waals surface area contributed by atoms with Gasteiger partial charge in [-0.1, -0.05) is 55.3 Å². The van der Waals surface area contributed by atoms with Crippen LogP contribution >= 0.6 is 0 Å². The lowest BCUT2D eigenvalue weighted by molar-refractivity contribution is 0.0963. The minimum atomic E-state index is -0.0737. The van der Waals surface area contributed by atoms with Crippen molar-refractivity contribution in [2.45, 2.75) is 37.6 Å². The summed E-state index contributed by atoms with van der Waals surface area (Å²) in [7, 11) is 3.44. The largest absolute Gasteiger partial charge is 0.356 e. The second-order valence-corrected chi connectivity index (χ2v) is 7.41. The van der Waals surface area contributed by atoms with Gasteiger partial charge in [0, 0.05) is 38.2 Å². The molecule has 0 radical (unpaired) electrons. The molecular weight excluding hydrogens is 348 g/mol. The fraction of sp³-hybridized carbons (Fsp3) is 0.391. The SMILES string of the molecule is CN=C(NCc1cccc(C(=O)NC)c1)NCC1(c2ccccc2)CCCC1. The van der Waals surface area contributed by atoms with Gasteiger partial charge in [-0.2, -0.15) is 0 Å². The van der Waals surface area contributed by atoms with Crippen molar-refractivity contribution in [2.75, 3.05) is 20.6 Å². The van der Waals surface area contributed by atoms with E-state index in [1.807, 2.05) is 24.3 Å². The van der Waals surface area contributed by atoms with Crippen molar-refractivity contribution >= 4 is 11.9 Å². The zero-order chi connectivity index (χ0) is 19.8. The lowest BCUT2D eigenvalue weighted by Gasteiger charge is -2.30. The number of carbonyl (C=O) groups is 1. The first kappa shape index (κ1) is 19.9. The standard InChI is InChI=1S/C23H30N4O/c1-24-21(28)19-10-8-9-18(15-19)16-26-22(25-2)27-17-23(13-6-7-14-23)20-11-4-3-5-12-20/h3-5,8-12,15H,6-7,13-14,16-17H2,1-2H3,(H,24,28)(H2,25,26,27). The van der Waals surface area contributed by atoms with Gasteiger partial charge < -0.3 is 16.0 Å². The van der Waals surface area contributed by atoms with E-state index in [4.69, 9.17) is 0 Å². The maximum Gasteiger partial charge on any atom is 0.251 e. The monoisotopic (exact) mass is 378 g/mol. The van der Waals surface area contributed by atoms with Crippen molar-refractivity contribution in [1.82, 2.24) is 16.0 Å². The van der Waals surface area contributed by atoms with Gasteiger partial charge in [-0.05, 0) is 36.1 Å². The summed E-state index contributed by atoms with van der Waals surface area (Å²) in [4.78, 5) is 16.2. The molecule has 1 fully saturated rings. The summed E-state index contributed by atoms with van der Waals surface area (Å²) in [5.41, 5.74) is 3.30. The van der Waals surface area contributed by atoms with Crippen LogP contribution in [0.2, 0.25) is 0 Å². The number of nitrogens with one attached hydrogen (secondary N) is 3. The number of hydrogen-bond acceptors (Lipinski definition) is 2. The van der Waals surface area contributed by atoms with Crippen LogP contribution in [0.25, 0.3) is 0 Å². The molecule has 2 aromatic carbocycles. The molecule has 1 amide bonds. The van der Waals surface area contributed by atoms with E-state index >= 15 is 0 Å². The molecule has 5 heteroatoms. The van der Waals surface area contributed by atoms with Crippen molar-refractivity contribution < 1.29 is 4.79 Å². The average molecular weight is 379 g/mol. The van der Waals surface area contributed by atoms with Gasteiger partial charge in [0.05, 0.1) is 0 Å². The summed E-state index contributed by atoms with van der Waals surface area (Å²) in [5, 5.41) is 9.56. The van der Waals surface area contributed by atoms with E-state index in [2.05, 4.69) is 51.3 Å². The number of hydrogen-bond donors (Lipinski definition) is 3. The molecule has 3 rings (SSSR count). The highest BCUT2D eigenvalue weighted by Gasteiger charge is 2.35. The highest BCUT2D eigenvalue weighted by atomic mass is 16.1. The van der Waals surface area contributed by atoms with Crippen LogP contribution in [0.4, 0.5) is 0 Å². The number of aliphatic imine (C=N–C) groups is 1. The van der Waals surface area contributed by atoms with Crippen molar-refractivity contribution in [3.63, 3.8) is 0 Å². The Labute approximate surface area is 167 Å². The summed E-state index contributed by atoms with van der Waals surface area (Å²) >= 11 is 0. The third-order valence-corrected chi connectivity index (χ3v) is 5.64. The molecule has 2 aromatic rings. The van der Waals surface area contributed by atoms with Crippen LogP contribution in [0.15, 0.2) is 59.6 Å². The summed E-state index contributed by atoms with van der Waals surface area (Å²) in [6, 6.07) is 18.5. The highest BCUT2D eigenvalue weighted by Crippen LogP contribution is 2.40. The Morgan fingerprint density at radius 1 is 1.04 bits per heavy atom. The van der Waals surface area contributed by atoms with E-state index in [1.54, 1.807) is 14.1 Å². The number of nitrogens with zero attached hydrogens (tertiary/aromatic N) is 1. The molecule has 0 unspecified atom stereocenters. The quantitative estimate of drug-likeness (QED) is 0.534. The Morgan fingerprint density at radius 3 is 2.46 bits per heavy atom. The Bertz CT molecular complexity index is 810. The smallest absolute Gasteiger partial charge is 0.251 e. The lowest BCUT2D eigenvalue weighted by atomic mass is 9.79. The van der Waals surface area contributed by atoms with Crippen molar-refractivity contribution in [2.24, 2.45) is 4.99 Å². The van der Waals surface area contributed by atoms with Gasteiger partial charge >= 0.3 is 0 Å². The summed E-state index contributed by atoms with van der Waals surface area (Å²) < 4.78 is 0. The maximum atomic E-state index is 11.8. The summed E-state index contributed by atoms with van der Waals surface area (Å²) in [6.45, 7) is 1.48. The number of guanidine groups is 1. The Hall–Kier alpha value is -2.82. The molecule has 0 aromatic heterocycles. The van der Waals surface area contributed by atoms with E-state index in [1.165, 1.54) is 31.2 Å². The third-order valence-electron chi connectivity index (χ3n) is 5.64. The van der Waals surface area contributed by atoms with Gasteiger partial charge in [0.1, 0.15) is 0 Å². The first-order chi connectivity index (χ1) is 13.7. The van der Waals surface area contributed by atoms with Crippen LogP contribution in [0.3, 0.4) is 0 Å². The second kappa shape index (κ2) is 9.40. The van der Waals surface area contributed by atoms with E-state index in [0.29, 0.717) is 12.1 Å². The van der Waals surface area contributed by atoms with Gasteiger partial charge in [-0.25, -0.2) is 0 Å². The molecule has 3 N–H and O–H groups in total. The van der Waals surface area contributed by atoms with Crippen LogP contribution in [0, 0.1) is 0 Å². The Kier molecular flexibility index (Phi) is 6.69. The number of rotatable bonds is 6. The molecule has 0 heterocycles. The fourth-order valence-electron chi connectivity index (χ4n) is 4.04. The summed E-state index contributed by atoms with van der Waals surface area (Å²) in [6.07, 6.45) is 4.95. The zero-order valence-corrected chi connectivity index (χ0v) is 16.8. The maximum absolute atomic E-state index is 11.8. The molecule has 0 bridgehead atoms. The molecule has 0 aliphatic heterocycles. The van der Waals surface area contributed by atoms with Gasteiger partial charge in [-0.15, -0.1) is 0 Å². The molecule has 0 spiro atoms. The molecule has 5 nitrogen and oxygen atoms in total. The van der Waals surface area contributed by atoms with Crippen LogP contribution in [0.1, 0.15) is 47.2 Å². The predicted molar refractivity (Wildman–Crippen MR) is 115 cm³/mol. The van der Waals surface area contributed by atoms with Gasteiger partial charge in [-0.3, -0.25) is 9.79 Å². The lowest BCUT2D eigenvalue weighted by Crippen LogP contribution is -2.44. The first-order valence-electron chi connectivity index (χ1n) is 9.98. The molecule has 1 aliphatic carbocycles. The Morgan fingerprint density at radius 2 is 1.79 bits per heavy atom. The van der Waals surface area contributed by atoms with E-state index < -0.39 is 0 Å². The van der Waals surface area contributed by atoms with E-state index in [-0.39, 0.29) is 11.3 Å². The molecule has 1 saturated carbocycles. The second-order valence-electron chi connectivity index (χ2n) is 7.41. The molecule has 0 atom stereocenters. The Balaban J connectivity index is 1.61. The predicted octanol–water partition coefficient (Wildman–Crippen LogP) is 3.22. The van der Waals surface area contributed by atoms with Crippen LogP contribution < -0.4 is 16.0 Å². The molecule has 0 saturated heterocycles. The molecule has 28 heavy (non-hydrogen) atoms. The van der Waals surface area contributed by atoms with Crippen molar-refractivity contribution in [3.05, 3.63) is 71.3 Å². The fourth-order valence-corrected chi connectivity index (χ4v) is 4.04. The third kappa shape index (κ3) is 4.71. The van der Waals surface area contributed by atoms with Gasteiger partial charge in [0.2, 0.25) is 0 Å². The number of amides is 1. The van der Waals surface area contributed by atoms with Gasteiger partial charge in [0.15, 0.2) is 5.96 Å². The van der Waals surface area contributed by atoms with Crippen LogP contribution in [0.5, 0.6) is 0 Å². The minimum Gasteiger partial charge on any atom is -0.356 e. The highest BCUT2D eigenvalue weighted by molar-refractivity contribution is 5.94.